The Balaban J connectivity index is 1.80. The summed E-state index contributed by atoms with van der Waals surface area (Å²) in [6.45, 7) is -0.305. The van der Waals surface area contributed by atoms with Gasteiger partial charge in [0.2, 0.25) is 20.0 Å². The average molecular weight is 497 g/mol. The molecule has 1 heterocycles. The maximum atomic E-state index is 13.1. The first-order chi connectivity index (χ1) is 15.5. The summed E-state index contributed by atoms with van der Waals surface area (Å²) in [5.74, 6) is -0.0501. The van der Waals surface area contributed by atoms with E-state index in [0.717, 1.165) is 28.6 Å². The summed E-state index contributed by atoms with van der Waals surface area (Å²) in [4.78, 5) is 4.15. The summed E-state index contributed by atoms with van der Waals surface area (Å²) in [7, 11) is -3.40. The third-order valence-electron chi connectivity index (χ3n) is 5.04. The van der Waals surface area contributed by atoms with Crippen LogP contribution >= 0.6 is 0 Å². The fourth-order valence-electron chi connectivity index (χ4n) is 3.14. The largest absolute Gasteiger partial charge is 0.497 e. The SMILES string of the molecule is COc1cccc([C@@H](NS(=O)(=O)CCN(C)S(=O)(=O)c2ccc(F)cc2)c2nccn2C)c1. The molecule has 0 saturated carbocycles. The van der Waals surface area contributed by atoms with E-state index < -0.39 is 37.7 Å². The van der Waals surface area contributed by atoms with Crippen molar-refractivity contribution in [3.05, 3.63) is 78.1 Å². The highest BCUT2D eigenvalue weighted by molar-refractivity contribution is 7.90. The molecule has 33 heavy (non-hydrogen) atoms. The topological polar surface area (TPSA) is 111 Å². The van der Waals surface area contributed by atoms with E-state index in [4.69, 9.17) is 4.74 Å². The molecule has 0 aliphatic rings. The molecule has 0 bridgehead atoms. The van der Waals surface area contributed by atoms with E-state index in [-0.39, 0.29) is 11.4 Å². The highest BCUT2D eigenvalue weighted by Gasteiger charge is 2.27. The van der Waals surface area contributed by atoms with Crippen molar-refractivity contribution in [1.29, 1.82) is 0 Å². The molecular formula is C21H25FN4O5S2. The van der Waals surface area contributed by atoms with Gasteiger partial charge in [-0.3, -0.25) is 0 Å². The van der Waals surface area contributed by atoms with E-state index in [2.05, 4.69) is 9.71 Å². The van der Waals surface area contributed by atoms with Gasteiger partial charge in [-0.25, -0.2) is 30.9 Å². The molecule has 0 saturated heterocycles. The van der Waals surface area contributed by atoms with Crippen LogP contribution in [0.25, 0.3) is 0 Å². The van der Waals surface area contributed by atoms with Crippen LogP contribution < -0.4 is 9.46 Å². The average Bonchev–Trinajstić information content (AvgIpc) is 3.21. The maximum absolute atomic E-state index is 13.1. The Kier molecular flexibility index (Phi) is 7.52. The Morgan fingerprint density at radius 3 is 2.45 bits per heavy atom. The van der Waals surface area contributed by atoms with Crippen molar-refractivity contribution in [3.8, 4) is 5.75 Å². The van der Waals surface area contributed by atoms with Gasteiger partial charge in [0.1, 0.15) is 23.4 Å². The number of imidazole rings is 1. The summed E-state index contributed by atoms with van der Waals surface area (Å²) in [6.07, 6.45) is 3.25. The highest BCUT2D eigenvalue weighted by Crippen LogP contribution is 2.25. The summed E-state index contributed by atoms with van der Waals surface area (Å²) >= 11 is 0. The monoisotopic (exact) mass is 496 g/mol. The van der Waals surface area contributed by atoms with E-state index >= 15 is 0 Å². The quantitative estimate of drug-likeness (QED) is 0.459. The molecule has 9 nitrogen and oxygen atoms in total. The number of hydrogen-bond acceptors (Lipinski definition) is 6. The van der Waals surface area contributed by atoms with Crippen LogP contribution in [0.1, 0.15) is 17.4 Å². The minimum absolute atomic E-state index is 0.126. The highest BCUT2D eigenvalue weighted by atomic mass is 32.2. The van der Waals surface area contributed by atoms with Crippen molar-refractivity contribution in [3.63, 3.8) is 0 Å². The number of ether oxygens (including phenoxy) is 1. The molecule has 0 spiro atoms. The number of benzene rings is 2. The molecule has 0 amide bonds. The van der Waals surface area contributed by atoms with E-state index in [9.17, 15) is 21.2 Å². The fraction of sp³-hybridized carbons (Fsp3) is 0.286. The van der Waals surface area contributed by atoms with Crippen molar-refractivity contribution in [2.45, 2.75) is 10.9 Å². The van der Waals surface area contributed by atoms with Gasteiger partial charge in [0.15, 0.2) is 0 Å². The van der Waals surface area contributed by atoms with E-state index in [1.807, 2.05) is 0 Å². The van der Waals surface area contributed by atoms with Crippen LogP contribution in [0.5, 0.6) is 5.75 Å². The van der Waals surface area contributed by atoms with Crippen molar-refractivity contribution < 1.29 is 26.0 Å². The molecular weight excluding hydrogens is 471 g/mol. The molecule has 3 rings (SSSR count). The zero-order valence-electron chi connectivity index (χ0n) is 18.3. The van der Waals surface area contributed by atoms with E-state index in [1.54, 1.807) is 48.3 Å². The third-order valence-corrected chi connectivity index (χ3v) is 8.22. The number of rotatable bonds is 10. The van der Waals surface area contributed by atoms with Crippen molar-refractivity contribution in [1.82, 2.24) is 18.6 Å². The summed E-state index contributed by atoms with van der Waals surface area (Å²) in [5, 5.41) is 0. The van der Waals surface area contributed by atoms with E-state index in [1.165, 1.54) is 14.2 Å². The molecule has 0 fully saturated rings. The molecule has 1 N–H and O–H groups in total. The van der Waals surface area contributed by atoms with Gasteiger partial charge < -0.3 is 9.30 Å². The van der Waals surface area contributed by atoms with Crippen LogP contribution in [0.4, 0.5) is 4.39 Å². The first-order valence-corrected chi connectivity index (χ1v) is 13.0. The van der Waals surface area contributed by atoms with Gasteiger partial charge in [-0.05, 0) is 42.0 Å². The molecule has 0 aliphatic carbocycles. The molecule has 0 radical (unpaired) electrons. The predicted molar refractivity (Wildman–Crippen MR) is 121 cm³/mol. The fourth-order valence-corrected chi connectivity index (χ4v) is 5.66. The van der Waals surface area contributed by atoms with Crippen LogP contribution in [-0.2, 0) is 27.1 Å². The lowest BCUT2D eigenvalue weighted by Gasteiger charge is -2.21. The lowest BCUT2D eigenvalue weighted by atomic mass is 10.1. The number of methoxy groups -OCH3 is 1. The number of nitrogens with zero attached hydrogens (tertiary/aromatic N) is 3. The van der Waals surface area contributed by atoms with Crippen molar-refractivity contribution in [2.75, 3.05) is 26.5 Å². The Labute approximate surface area is 192 Å². The molecule has 178 valence electrons. The Hall–Kier alpha value is -2.80. The first kappa shape index (κ1) is 24.8. The number of halogens is 1. The summed E-state index contributed by atoms with van der Waals surface area (Å²) in [6, 6.07) is 10.4. The smallest absolute Gasteiger partial charge is 0.242 e. The van der Waals surface area contributed by atoms with Crippen LogP contribution in [0.2, 0.25) is 0 Å². The normalized spacial score (nSPS) is 13.2. The number of nitrogens with one attached hydrogen (secondary N) is 1. The molecule has 1 atom stereocenters. The van der Waals surface area contributed by atoms with Gasteiger partial charge in [0, 0.05) is 33.0 Å². The third kappa shape index (κ3) is 5.96. The summed E-state index contributed by atoms with van der Waals surface area (Å²) < 4.78 is 74.8. The summed E-state index contributed by atoms with van der Waals surface area (Å²) in [5.41, 5.74) is 0.611. The lowest BCUT2D eigenvalue weighted by Crippen LogP contribution is -2.38. The second kappa shape index (κ2) is 10.00. The van der Waals surface area contributed by atoms with Crippen molar-refractivity contribution in [2.24, 2.45) is 7.05 Å². The van der Waals surface area contributed by atoms with Gasteiger partial charge in [-0.15, -0.1) is 0 Å². The number of aryl methyl sites for hydroxylation is 1. The van der Waals surface area contributed by atoms with Gasteiger partial charge in [0.25, 0.3) is 0 Å². The molecule has 1 aromatic heterocycles. The van der Waals surface area contributed by atoms with Crippen LogP contribution in [0.3, 0.4) is 0 Å². The predicted octanol–water partition coefficient (Wildman–Crippen LogP) is 1.90. The zero-order valence-corrected chi connectivity index (χ0v) is 20.0. The number of hydrogen-bond donors (Lipinski definition) is 1. The van der Waals surface area contributed by atoms with Crippen molar-refractivity contribution >= 4 is 20.0 Å². The maximum Gasteiger partial charge on any atom is 0.242 e. The molecule has 0 aliphatic heterocycles. The van der Waals surface area contributed by atoms with E-state index in [0.29, 0.717) is 17.1 Å². The Morgan fingerprint density at radius 1 is 1.15 bits per heavy atom. The first-order valence-electron chi connectivity index (χ1n) is 9.86. The minimum Gasteiger partial charge on any atom is -0.497 e. The van der Waals surface area contributed by atoms with Crippen LogP contribution in [-0.4, -0.2) is 57.1 Å². The molecule has 12 heteroatoms. The lowest BCUT2D eigenvalue weighted by molar-refractivity contribution is 0.413. The Bertz CT molecular complexity index is 1310. The Morgan fingerprint density at radius 2 is 1.85 bits per heavy atom. The van der Waals surface area contributed by atoms with Crippen LogP contribution in [0.15, 0.2) is 65.8 Å². The zero-order chi connectivity index (χ0) is 24.2. The number of aromatic nitrogens is 2. The molecule has 0 unspecified atom stereocenters. The van der Waals surface area contributed by atoms with Gasteiger partial charge in [-0.2, -0.15) is 4.31 Å². The van der Waals surface area contributed by atoms with Gasteiger partial charge >= 0.3 is 0 Å². The van der Waals surface area contributed by atoms with Crippen LogP contribution in [0, 0.1) is 5.82 Å². The van der Waals surface area contributed by atoms with Gasteiger partial charge in [-0.1, -0.05) is 12.1 Å². The number of sulfonamides is 2. The second-order valence-corrected chi connectivity index (χ2v) is 11.2. The van der Waals surface area contributed by atoms with Gasteiger partial charge in [0.05, 0.1) is 17.8 Å². The standard InChI is InChI=1S/C21H25FN4O5S2/c1-25-12-11-23-21(25)20(16-5-4-6-18(15-16)31-3)24-32(27,28)14-13-26(2)33(29,30)19-9-7-17(22)8-10-19/h4-12,15,20,24H,13-14H2,1-3H3/t20-/m1/s1. The molecule has 3 aromatic rings. The minimum atomic E-state index is -3.98. The molecule has 2 aromatic carbocycles. The second-order valence-electron chi connectivity index (χ2n) is 7.32.